The Hall–Kier alpha value is -1.09. The molecule has 0 atom stereocenters. The van der Waals surface area contributed by atoms with Crippen LogP contribution in [-0.2, 0) is 0 Å². The van der Waals surface area contributed by atoms with Crippen molar-refractivity contribution in [1.82, 2.24) is 4.90 Å². The van der Waals surface area contributed by atoms with Crippen LogP contribution in [0.3, 0.4) is 0 Å². The van der Waals surface area contributed by atoms with Crippen molar-refractivity contribution >= 4 is 22.7 Å². The van der Waals surface area contributed by atoms with E-state index in [2.05, 4.69) is 13.1 Å². The lowest BCUT2D eigenvalue weighted by Crippen LogP contribution is -2.01. The number of hydrogen-bond acceptors (Lipinski definition) is 3. The highest BCUT2D eigenvalue weighted by Gasteiger charge is 2.05. The van der Waals surface area contributed by atoms with E-state index in [-0.39, 0.29) is 5.78 Å². The molecule has 0 aliphatic heterocycles. The Labute approximate surface area is 88.9 Å². The Bertz CT molecular complexity index is 363. The van der Waals surface area contributed by atoms with Gasteiger partial charge < -0.3 is 4.90 Å². The normalized spacial score (nSPS) is 11.6. The van der Waals surface area contributed by atoms with Crippen LogP contribution in [-0.4, -0.2) is 24.8 Å². The lowest BCUT2D eigenvalue weighted by Gasteiger charge is -2.06. The van der Waals surface area contributed by atoms with Gasteiger partial charge in [0.25, 0.3) is 0 Å². The van der Waals surface area contributed by atoms with Crippen LogP contribution >= 0.6 is 11.3 Å². The number of hydrogen-bond donors (Lipinski definition) is 0. The number of carbonyl (C=O) groups excluding carboxylic acids is 1. The van der Waals surface area contributed by atoms with Crippen molar-refractivity contribution in [3.05, 3.63) is 28.1 Å². The fourth-order valence-corrected chi connectivity index (χ4v) is 2.06. The van der Waals surface area contributed by atoms with Gasteiger partial charge >= 0.3 is 0 Å². The molecule has 0 saturated heterocycles. The second-order valence-corrected chi connectivity index (χ2v) is 4.58. The molecule has 1 rings (SSSR count). The zero-order valence-corrected chi connectivity index (χ0v) is 9.81. The highest BCUT2D eigenvalue weighted by atomic mass is 32.1. The molecule has 0 amide bonds. The average molecular weight is 209 g/mol. The van der Waals surface area contributed by atoms with Crippen LogP contribution in [0.5, 0.6) is 0 Å². The number of allylic oxidation sites excluding steroid dienone is 1. The van der Waals surface area contributed by atoms with E-state index >= 15 is 0 Å². The minimum Gasteiger partial charge on any atom is -0.383 e. The molecule has 0 spiro atoms. The van der Waals surface area contributed by atoms with Crippen molar-refractivity contribution in [2.75, 3.05) is 14.1 Å². The molecule has 0 aliphatic carbocycles. The molecule has 0 unspecified atom stereocenters. The lowest BCUT2D eigenvalue weighted by molar-refractivity contribution is 0.102. The Balaban J connectivity index is 2.92. The fraction of sp³-hybridized carbons (Fsp3) is 0.364. The number of ketones is 1. The minimum absolute atomic E-state index is 0.138. The third-order valence-corrected chi connectivity index (χ3v) is 3.11. The van der Waals surface area contributed by atoms with Crippen LogP contribution in [0.4, 0.5) is 0 Å². The zero-order chi connectivity index (χ0) is 10.7. The Kier molecular flexibility index (Phi) is 3.47. The number of Topliss-reactive ketones (excluding diaryl/α,β-unsaturated/α-hetero) is 1. The second-order valence-electron chi connectivity index (χ2n) is 3.50. The maximum Gasteiger partial charge on any atom is 0.169 e. The van der Waals surface area contributed by atoms with Gasteiger partial charge in [-0.15, -0.1) is 11.3 Å². The summed E-state index contributed by atoms with van der Waals surface area (Å²) in [6, 6.07) is 3.88. The molecule has 76 valence electrons. The molecular formula is C11H15NOS. The van der Waals surface area contributed by atoms with E-state index < -0.39 is 0 Å². The molecule has 3 heteroatoms. The summed E-state index contributed by atoms with van der Waals surface area (Å²) in [5.41, 5.74) is 1.19. The summed E-state index contributed by atoms with van der Waals surface area (Å²) in [5, 5.41) is 0. The van der Waals surface area contributed by atoms with Gasteiger partial charge in [-0.2, -0.15) is 0 Å². The molecule has 0 radical (unpaired) electrons. The molecule has 0 fully saturated rings. The largest absolute Gasteiger partial charge is 0.383 e. The Morgan fingerprint density at radius 2 is 1.86 bits per heavy atom. The van der Waals surface area contributed by atoms with Crippen molar-refractivity contribution in [2.24, 2.45) is 0 Å². The minimum atomic E-state index is 0.138. The number of rotatable bonds is 3. The van der Waals surface area contributed by atoms with Crippen molar-refractivity contribution in [2.45, 2.75) is 13.8 Å². The van der Waals surface area contributed by atoms with Gasteiger partial charge in [0.15, 0.2) is 5.78 Å². The van der Waals surface area contributed by atoms with E-state index in [0.29, 0.717) is 0 Å². The first-order chi connectivity index (χ1) is 6.50. The molecule has 0 aromatic carbocycles. The van der Waals surface area contributed by atoms with Crippen molar-refractivity contribution in [1.29, 1.82) is 0 Å². The molecule has 0 bridgehead atoms. The number of thiophene rings is 1. The van der Waals surface area contributed by atoms with Gasteiger partial charge in [0.05, 0.1) is 4.88 Å². The van der Waals surface area contributed by atoms with E-state index in [0.717, 1.165) is 9.75 Å². The van der Waals surface area contributed by atoms with Crippen LogP contribution in [0.2, 0.25) is 0 Å². The summed E-state index contributed by atoms with van der Waals surface area (Å²) in [4.78, 5) is 15.1. The first kappa shape index (κ1) is 11.0. The van der Waals surface area contributed by atoms with Gasteiger partial charge in [-0.25, -0.2) is 0 Å². The van der Waals surface area contributed by atoms with E-state index in [1.54, 1.807) is 18.3 Å². The fourth-order valence-electron chi connectivity index (χ4n) is 1.19. The van der Waals surface area contributed by atoms with Gasteiger partial charge in [-0.05, 0) is 31.6 Å². The summed E-state index contributed by atoms with van der Waals surface area (Å²) in [6.45, 7) is 3.65. The first-order valence-corrected chi connectivity index (χ1v) is 5.28. The molecule has 1 heterocycles. The van der Waals surface area contributed by atoms with Gasteiger partial charge in [0.1, 0.15) is 0 Å². The molecule has 1 aromatic heterocycles. The molecule has 0 aliphatic rings. The van der Waals surface area contributed by atoms with Gasteiger partial charge in [0.2, 0.25) is 0 Å². The SMILES string of the molecule is CC(=O)c1ccc(C(C)=CN(C)C)s1. The molecule has 0 N–H and O–H groups in total. The van der Waals surface area contributed by atoms with Crippen LogP contribution in [0, 0.1) is 0 Å². The predicted molar refractivity (Wildman–Crippen MR) is 61.7 cm³/mol. The molecule has 2 nitrogen and oxygen atoms in total. The number of carbonyl (C=O) groups is 1. The van der Waals surface area contributed by atoms with Gasteiger partial charge in [-0.3, -0.25) is 4.79 Å². The van der Waals surface area contributed by atoms with E-state index in [1.165, 1.54) is 5.57 Å². The summed E-state index contributed by atoms with van der Waals surface area (Å²) >= 11 is 1.55. The monoisotopic (exact) mass is 209 g/mol. The Morgan fingerprint density at radius 3 is 2.29 bits per heavy atom. The molecule has 14 heavy (non-hydrogen) atoms. The van der Waals surface area contributed by atoms with Crippen molar-refractivity contribution < 1.29 is 4.79 Å². The average Bonchev–Trinajstić information content (AvgIpc) is 2.50. The predicted octanol–water partition coefficient (Wildman–Crippen LogP) is 2.87. The maximum absolute atomic E-state index is 11.1. The Morgan fingerprint density at radius 1 is 1.29 bits per heavy atom. The van der Waals surface area contributed by atoms with Gasteiger partial charge in [-0.1, -0.05) is 0 Å². The van der Waals surface area contributed by atoms with Gasteiger partial charge in [0, 0.05) is 25.2 Å². The summed E-state index contributed by atoms with van der Waals surface area (Å²) in [5.74, 6) is 0.138. The van der Waals surface area contributed by atoms with Crippen molar-refractivity contribution in [3.8, 4) is 0 Å². The molecular weight excluding hydrogens is 194 g/mol. The van der Waals surface area contributed by atoms with Crippen LogP contribution in [0.15, 0.2) is 18.3 Å². The van der Waals surface area contributed by atoms with Crippen molar-refractivity contribution in [3.63, 3.8) is 0 Å². The van der Waals surface area contributed by atoms with E-state index in [9.17, 15) is 4.79 Å². The molecule has 0 saturated carbocycles. The highest BCUT2D eigenvalue weighted by molar-refractivity contribution is 7.15. The summed E-state index contributed by atoms with van der Waals surface area (Å²) < 4.78 is 0. The van der Waals surface area contributed by atoms with E-state index in [1.807, 2.05) is 31.1 Å². The van der Waals surface area contributed by atoms with Crippen LogP contribution < -0.4 is 0 Å². The summed E-state index contributed by atoms with van der Waals surface area (Å²) in [6.07, 6.45) is 2.05. The topological polar surface area (TPSA) is 20.3 Å². The summed E-state index contributed by atoms with van der Waals surface area (Å²) in [7, 11) is 3.98. The van der Waals surface area contributed by atoms with E-state index in [4.69, 9.17) is 0 Å². The third kappa shape index (κ3) is 2.70. The zero-order valence-electron chi connectivity index (χ0n) is 9.00. The third-order valence-electron chi connectivity index (χ3n) is 1.79. The van der Waals surface area contributed by atoms with Crippen LogP contribution in [0.25, 0.3) is 5.57 Å². The first-order valence-electron chi connectivity index (χ1n) is 4.46. The maximum atomic E-state index is 11.1. The second kappa shape index (κ2) is 4.42. The smallest absolute Gasteiger partial charge is 0.169 e. The molecule has 1 aromatic rings. The van der Waals surface area contributed by atoms with Crippen LogP contribution in [0.1, 0.15) is 28.4 Å². The standard InChI is InChI=1S/C11H15NOS/c1-8(7-12(3)4)10-5-6-11(14-10)9(2)13/h5-7H,1-4H3. The lowest BCUT2D eigenvalue weighted by atomic mass is 10.2. The quantitative estimate of drug-likeness (QED) is 0.713. The highest BCUT2D eigenvalue weighted by Crippen LogP contribution is 2.24. The number of nitrogens with zero attached hydrogens (tertiary/aromatic N) is 1.